The van der Waals surface area contributed by atoms with Crippen LogP contribution in [0, 0.1) is 0 Å². The first kappa shape index (κ1) is 19.8. The van der Waals surface area contributed by atoms with E-state index in [1.807, 2.05) is 23.9 Å². The first-order valence-electron chi connectivity index (χ1n) is 10.2. The Morgan fingerprint density at radius 1 is 1.24 bits per heavy atom. The number of imidazole rings is 1. The Kier molecular flexibility index (Phi) is 6.09. The van der Waals surface area contributed by atoms with E-state index in [1.54, 1.807) is 7.11 Å². The van der Waals surface area contributed by atoms with Crippen molar-refractivity contribution in [2.24, 2.45) is 0 Å². The normalized spacial score (nSPS) is 16.8. The van der Waals surface area contributed by atoms with Gasteiger partial charge in [-0.3, -0.25) is 4.79 Å². The van der Waals surface area contributed by atoms with E-state index in [9.17, 15) is 4.79 Å². The fourth-order valence-corrected chi connectivity index (χ4v) is 4.58. The van der Waals surface area contributed by atoms with Crippen molar-refractivity contribution in [2.45, 2.75) is 43.5 Å². The van der Waals surface area contributed by atoms with Gasteiger partial charge in [0.25, 0.3) is 0 Å². The number of rotatable bonds is 7. The lowest BCUT2D eigenvalue weighted by molar-refractivity contribution is -0.122. The fraction of sp³-hybridized carbons (Fsp3) is 0.391. The maximum Gasteiger partial charge on any atom is 0.220 e. The quantitative estimate of drug-likeness (QED) is 0.580. The van der Waals surface area contributed by atoms with Crippen molar-refractivity contribution < 1.29 is 9.53 Å². The van der Waals surface area contributed by atoms with E-state index in [0.717, 1.165) is 47.7 Å². The Balaban J connectivity index is 1.71. The van der Waals surface area contributed by atoms with Gasteiger partial charge in [0.1, 0.15) is 11.6 Å². The van der Waals surface area contributed by atoms with Crippen LogP contribution < -0.4 is 10.1 Å². The van der Waals surface area contributed by atoms with Gasteiger partial charge in [-0.1, -0.05) is 19.1 Å². The highest BCUT2D eigenvalue weighted by molar-refractivity contribution is 7.99. The van der Waals surface area contributed by atoms with Gasteiger partial charge in [0, 0.05) is 30.3 Å². The first-order chi connectivity index (χ1) is 14.2. The molecule has 1 N–H and O–H groups in total. The van der Waals surface area contributed by atoms with Crippen LogP contribution in [-0.2, 0) is 11.3 Å². The van der Waals surface area contributed by atoms with E-state index < -0.39 is 0 Å². The number of amides is 1. The van der Waals surface area contributed by atoms with Gasteiger partial charge in [0.2, 0.25) is 5.91 Å². The van der Waals surface area contributed by atoms with Crippen LogP contribution in [0.4, 0.5) is 0 Å². The molecule has 2 aromatic carbocycles. The number of carbonyl (C=O) groups is 1. The Morgan fingerprint density at radius 3 is 2.76 bits per heavy atom. The van der Waals surface area contributed by atoms with Crippen LogP contribution >= 0.6 is 11.8 Å². The maximum atomic E-state index is 11.6. The summed E-state index contributed by atoms with van der Waals surface area (Å²) in [6, 6.07) is 14.8. The smallest absolute Gasteiger partial charge is 0.220 e. The third-order valence-corrected chi connectivity index (χ3v) is 6.55. The van der Waals surface area contributed by atoms with Crippen LogP contribution in [0.5, 0.6) is 5.75 Å². The number of nitrogens with one attached hydrogen (secondary N) is 1. The summed E-state index contributed by atoms with van der Waals surface area (Å²) in [6.45, 7) is 3.61. The van der Waals surface area contributed by atoms with E-state index in [1.165, 1.54) is 10.5 Å². The van der Waals surface area contributed by atoms with Crippen molar-refractivity contribution in [3.05, 3.63) is 53.9 Å². The Bertz CT molecular complexity index is 987. The summed E-state index contributed by atoms with van der Waals surface area (Å²) in [4.78, 5) is 17.9. The molecule has 1 aliphatic rings. The molecule has 3 aromatic rings. The summed E-state index contributed by atoms with van der Waals surface area (Å²) < 4.78 is 7.60. The summed E-state index contributed by atoms with van der Waals surface area (Å²) in [7, 11) is 1.68. The standard InChI is InChI=1S/C23H27N3O2S/c1-3-12-29-19-9-10-21-20(13-19)25-23(17-6-11-22(27)24-14-17)26(21)15-16-4-7-18(28-2)8-5-16/h4-5,7-10,13,17H,3,6,11-12,14-15H2,1-2H3,(H,24,27). The zero-order chi connectivity index (χ0) is 20.2. The van der Waals surface area contributed by atoms with Gasteiger partial charge in [0.05, 0.1) is 18.1 Å². The third kappa shape index (κ3) is 4.42. The first-order valence-corrected chi connectivity index (χ1v) is 11.2. The second kappa shape index (κ2) is 8.91. The van der Waals surface area contributed by atoms with Gasteiger partial charge in [0.15, 0.2) is 0 Å². The average molecular weight is 410 g/mol. The molecule has 1 atom stereocenters. The molecule has 6 heteroatoms. The number of piperidine rings is 1. The summed E-state index contributed by atoms with van der Waals surface area (Å²) >= 11 is 1.87. The zero-order valence-electron chi connectivity index (χ0n) is 17.0. The van der Waals surface area contributed by atoms with E-state index in [0.29, 0.717) is 13.0 Å². The number of hydrogen-bond acceptors (Lipinski definition) is 4. The van der Waals surface area contributed by atoms with Crippen LogP contribution in [0.25, 0.3) is 11.0 Å². The molecule has 0 bridgehead atoms. The SMILES string of the molecule is CCCSc1ccc2c(c1)nc(C1CCC(=O)NC1)n2Cc1ccc(OC)cc1. The van der Waals surface area contributed by atoms with E-state index >= 15 is 0 Å². The summed E-state index contributed by atoms with van der Waals surface area (Å²) in [5.41, 5.74) is 3.38. The Labute approximate surface area is 175 Å². The molecule has 29 heavy (non-hydrogen) atoms. The van der Waals surface area contributed by atoms with Crippen molar-refractivity contribution in [2.75, 3.05) is 19.4 Å². The zero-order valence-corrected chi connectivity index (χ0v) is 17.8. The molecule has 1 amide bonds. The number of aromatic nitrogens is 2. The minimum absolute atomic E-state index is 0.136. The molecule has 2 heterocycles. The number of thioether (sulfide) groups is 1. The van der Waals surface area contributed by atoms with Crippen molar-refractivity contribution >= 4 is 28.7 Å². The summed E-state index contributed by atoms with van der Waals surface area (Å²) in [6.07, 6.45) is 2.56. The molecule has 1 fully saturated rings. The Morgan fingerprint density at radius 2 is 2.07 bits per heavy atom. The van der Waals surface area contributed by atoms with E-state index in [2.05, 4.69) is 47.1 Å². The highest BCUT2D eigenvalue weighted by atomic mass is 32.2. The molecule has 5 nitrogen and oxygen atoms in total. The molecule has 0 aliphatic carbocycles. The molecular weight excluding hydrogens is 382 g/mol. The number of hydrogen-bond donors (Lipinski definition) is 1. The predicted molar refractivity (Wildman–Crippen MR) is 118 cm³/mol. The van der Waals surface area contributed by atoms with Crippen molar-refractivity contribution in [1.29, 1.82) is 0 Å². The second-order valence-electron chi connectivity index (χ2n) is 7.44. The van der Waals surface area contributed by atoms with Crippen molar-refractivity contribution in [3.8, 4) is 5.75 Å². The van der Waals surface area contributed by atoms with Crippen LogP contribution in [0.1, 0.15) is 43.5 Å². The largest absolute Gasteiger partial charge is 0.497 e. The van der Waals surface area contributed by atoms with Crippen LogP contribution in [0.3, 0.4) is 0 Å². The Hall–Kier alpha value is -2.47. The number of benzene rings is 2. The molecule has 0 spiro atoms. The number of carbonyl (C=O) groups excluding carboxylic acids is 1. The minimum Gasteiger partial charge on any atom is -0.497 e. The van der Waals surface area contributed by atoms with Gasteiger partial charge < -0.3 is 14.6 Å². The number of fused-ring (bicyclic) bond motifs is 1. The summed E-state index contributed by atoms with van der Waals surface area (Å²) in [5.74, 6) is 3.41. The van der Waals surface area contributed by atoms with Gasteiger partial charge in [-0.15, -0.1) is 11.8 Å². The molecule has 0 saturated carbocycles. The maximum absolute atomic E-state index is 11.6. The molecule has 1 saturated heterocycles. The van der Waals surface area contributed by atoms with Crippen LogP contribution in [0.15, 0.2) is 47.4 Å². The average Bonchev–Trinajstić information content (AvgIpc) is 3.11. The lowest BCUT2D eigenvalue weighted by Gasteiger charge is -2.23. The highest BCUT2D eigenvalue weighted by Gasteiger charge is 2.25. The number of methoxy groups -OCH3 is 1. The van der Waals surface area contributed by atoms with Gasteiger partial charge in [-0.2, -0.15) is 0 Å². The van der Waals surface area contributed by atoms with Crippen LogP contribution in [-0.4, -0.2) is 34.9 Å². The molecule has 0 radical (unpaired) electrons. The van der Waals surface area contributed by atoms with Crippen molar-refractivity contribution in [1.82, 2.24) is 14.9 Å². The molecular formula is C23H27N3O2S. The monoisotopic (exact) mass is 409 g/mol. The lowest BCUT2D eigenvalue weighted by Crippen LogP contribution is -2.34. The molecule has 152 valence electrons. The van der Waals surface area contributed by atoms with Crippen molar-refractivity contribution in [3.63, 3.8) is 0 Å². The number of nitrogens with zero attached hydrogens (tertiary/aromatic N) is 2. The van der Waals surface area contributed by atoms with Crippen LogP contribution in [0.2, 0.25) is 0 Å². The minimum atomic E-state index is 0.136. The fourth-order valence-electron chi connectivity index (χ4n) is 3.78. The van der Waals surface area contributed by atoms with E-state index in [-0.39, 0.29) is 11.8 Å². The summed E-state index contributed by atoms with van der Waals surface area (Å²) in [5, 5.41) is 3.01. The second-order valence-corrected chi connectivity index (χ2v) is 8.61. The van der Waals surface area contributed by atoms with Gasteiger partial charge in [-0.25, -0.2) is 4.98 Å². The van der Waals surface area contributed by atoms with E-state index in [4.69, 9.17) is 9.72 Å². The number of ether oxygens (including phenoxy) is 1. The lowest BCUT2D eigenvalue weighted by atomic mass is 9.98. The topological polar surface area (TPSA) is 56.2 Å². The molecule has 1 aromatic heterocycles. The molecule has 1 unspecified atom stereocenters. The highest BCUT2D eigenvalue weighted by Crippen LogP contribution is 2.30. The predicted octanol–water partition coefficient (Wildman–Crippen LogP) is 4.59. The van der Waals surface area contributed by atoms with Gasteiger partial charge in [-0.05, 0) is 54.5 Å². The molecule has 1 aliphatic heterocycles. The molecule has 4 rings (SSSR count). The van der Waals surface area contributed by atoms with Gasteiger partial charge >= 0.3 is 0 Å². The third-order valence-electron chi connectivity index (χ3n) is 5.35.